The van der Waals surface area contributed by atoms with Gasteiger partial charge in [0.15, 0.2) is 0 Å². The van der Waals surface area contributed by atoms with Crippen LogP contribution in [0, 0.1) is 11.8 Å². The SMILES string of the molecule is COc1ccccc1-c1cnc2c(c1)C(=O)N([C@@H](C)CO)C[C@H](C)[C@@H](CN(C)C(=O)CC1CC1)O2. The van der Waals surface area contributed by atoms with Crippen LogP contribution < -0.4 is 9.47 Å². The zero-order valence-corrected chi connectivity index (χ0v) is 20.9. The lowest BCUT2D eigenvalue weighted by molar-refractivity contribution is -0.131. The zero-order valence-electron chi connectivity index (χ0n) is 20.9. The first-order valence-corrected chi connectivity index (χ1v) is 12.3. The number of rotatable bonds is 8. The summed E-state index contributed by atoms with van der Waals surface area (Å²) in [5.74, 6) is 1.22. The number of aliphatic hydroxyl groups excluding tert-OH is 1. The molecule has 2 amide bonds. The number of pyridine rings is 1. The van der Waals surface area contributed by atoms with Gasteiger partial charge in [0.05, 0.1) is 26.3 Å². The maximum atomic E-state index is 13.6. The molecule has 1 N–H and O–H groups in total. The molecule has 0 radical (unpaired) electrons. The minimum atomic E-state index is -0.374. The van der Waals surface area contributed by atoms with E-state index in [2.05, 4.69) is 4.98 Å². The third-order valence-electron chi connectivity index (χ3n) is 6.98. The molecule has 0 spiro atoms. The van der Waals surface area contributed by atoms with Crippen LogP contribution in [0.2, 0.25) is 0 Å². The van der Waals surface area contributed by atoms with Crippen LogP contribution in [0.1, 0.15) is 43.5 Å². The smallest absolute Gasteiger partial charge is 0.259 e. The van der Waals surface area contributed by atoms with Crippen molar-refractivity contribution in [3.63, 3.8) is 0 Å². The molecule has 1 fully saturated rings. The van der Waals surface area contributed by atoms with Crippen molar-refractivity contribution in [2.45, 2.75) is 45.3 Å². The maximum Gasteiger partial charge on any atom is 0.259 e. The third kappa shape index (κ3) is 5.59. The van der Waals surface area contributed by atoms with Crippen LogP contribution >= 0.6 is 0 Å². The van der Waals surface area contributed by atoms with E-state index in [0.29, 0.717) is 36.7 Å². The number of ether oxygens (including phenoxy) is 2. The van der Waals surface area contributed by atoms with Gasteiger partial charge in [0.1, 0.15) is 17.4 Å². The minimum absolute atomic E-state index is 0.0760. The summed E-state index contributed by atoms with van der Waals surface area (Å²) in [6.07, 6.45) is 4.14. The van der Waals surface area contributed by atoms with Crippen LogP contribution in [0.15, 0.2) is 36.5 Å². The van der Waals surface area contributed by atoms with Gasteiger partial charge in [-0.25, -0.2) is 4.98 Å². The number of nitrogens with zero attached hydrogens (tertiary/aromatic N) is 3. The molecule has 2 aliphatic rings. The molecule has 1 aromatic heterocycles. The number of amides is 2. The molecule has 2 heterocycles. The van der Waals surface area contributed by atoms with Crippen molar-refractivity contribution in [2.24, 2.45) is 11.8 Å². The van der Waals surface area contributed by atoms with Gasteiger partial charge in [0.2, 0.25) is 11.8 Å². The number of aliphatic hydroxyl groups is 1. The standard InChI is InChI=1S/C27H35N3O5/c1-17-14-30(18(2)16-31)27(33)22-12-20(21-7-5-6-8-23(21)34-4)13-28-26(22)35-24(17)15-29(3)25(32)11-19-9-10-19/h5-8,12-13,17-19,24,31H,9-11,14-16H2,1-4H3/t17-,18-,24+/m0/s1. The number of carbonyl (C=O) groups is 2. The van der Waals surface area contributed by atoms with Gasteiger partial charge in [-0.2, -0.15) is 0 Å². The molecule has 35 heavy (non-hydrogen) atoms. The summed E-state index contributed by atoms with van der Waals surface area (Å²) in [7, 11) is 3.41. The molecule has 1 aliphatic heterocycles. The van der Waals surface area contributed by atoms with Crippen LogP contribution in [0.5, 0.6) is 11.6 Å². The van der Waals surface area contributed by atoms with Crippen molar-refractivity contribution in [3.8, 4) is 22.8 Å². The Balaban J connectivity index is 1.68. The van der Waals surface area contributed by atoms with E-state index in [-0.39, 0.29) is 42.4 Å². The lowest BCUT2D eigenvalue weighted by atomic mass is 9.99. The molecule has 3 atom stereocenters. The van der Waals surface area contributed by atoms with Crippen molar-refractivity contribution in [3.05, 3.63) is 42.1 Å². The first kappa shape index (κ1) is 25.0. The minimum Gasteiger partial charge on any atom is -0.496 e. The van der Waals surface area contributed by atoms with E-state index in [4.69, 9.17) is 9.47 Å². The van der Waals surface area contributed by atoms with Crippen LogP contribution in [0.4, 0.5) is 0 Å². The molecule has 2 aromatic rings. The second-order valence-electron chi connectivity index (χ2n) is 9.82. The third-order valence-corrected chi connectivity index (χ3v) is 6.98. The number of methoxy groups -OCH3 is 1. The Kier molecular flexibility index (Phi) is 7.60. The summed E-state index contributed by atoms with van der Waals surface area (Å²) in [4.78, 5) is 34.2. The molecule has 8 heteroatoms. The van der Waals surface area contributed by atoms with E-state index in [1.54, 1.807) is 36.2 Å². The fourth-order valence-corrected chi connectivity index (χ4v) is 4.45. The van der Waals surface area contributed by atoms with Gasteiger partial charge >= 0.3 is 0 Å². The molecule has 1 saturated carbocycles. The van der Waals surface area contributed by atoms with Crippen LogP contribution in [-0.2, 0) is 4.79 Å². The first-order chi connectivity index (χ1) is 16.8. The predicted molar refractivity (Wildman–Crippen MR) is 132 cm³/mol. The number of para-hydroxylation sites is 1. The molecule has 8 nitrogen and oxygen atoms in total. The van der Waals surface area contributed by atoms with Crippen LogP contribution in [0.3, 0.4) is 0 Å². The Morgan fingerprint density at radius 3 is 2.74 bits per heavy atom. The van der Waals surface area contributed by atoms with Gasteiger partial charge < -0.3 is 24.4 Å². The lowest BCUT2D eigenvalue weighted by Crippen LogP contribution is -2.50. The Labute approximate surface area is 206 Å². The molecule has 0 bridgehead atoms. The number of carbonyl (C=O) groups excluding carboxylic acids is 2. The normalized spacial score (nSPS) is 20.8. The zero-order chi connectivity index (χ0) is 25.1. The Hall–Kier alpha value is -3.13. The second kappa shape index (κ2) is 10.6. The highest BCUT2D eigenvalue weighted by atomic mass is 16.5. The van der Waals surface area contributed by atoms with E-state index >= 15 is 0 Å². The van der Waals surface area contributed by atoms with Gasteiger partial charge in [-0.15, -0.1) is 0 Å². The number of hydrogen-bond acceptors (Lipinski definition) is 6. The summed E-state index contributed by atoms with van der Waals surface area (Å²) in [5, 5.41) is 9.87. The van der Waals surface area contributed by atoms with E-state index in [1.807, 2.05) is 38.1 Å². The average molecular weight is 482 g/mol. The highest BCUT2D eigenvalue weighted by Gasteiger charge is 2.35. The summed E-state index contributed by atoms with van der Waals surface area (Å²) in [6.45, 7) is 4.47. The summed E-state index contributed by atoms with van der Waals surface area (Å²) in [5.41, 5.74) is 1.88. The predicted octanol–water partition coefficient (Wildman–Crippen LogP) is 3.24. The average Bonchev–Trinajstić information content (AvgIpc) is 3.69. The molecular weight excluding hydrogens is 446 g/mol. The van der Waals surface area contributed by atoms with Crippen molar-refractivity contribution in [2.75, 3.05) is 33.9 Å². The number of fused-ring (bicyclic) bond motifs is 1. The molecule has 1 aliphatic carbocycles. The Morgan fingerprint density at radius 2 is 2.06 bits per heavy atom. The van der Waals surface area contributed by atoms with Crippen molar-refractivity contribution in [1.82, 2.24) is 14.8 Å². The molecule has 4 rings (SSSR count). The van der Waals surface area contributed by atoms with Crippen molar-refractivity contribution in [1.29, 1.82) is 0 Å². The largest absolute Gasteiger partial charge is 0.496 e. The topological polar surface area (TPSA) is 92.2 Å². The summed E-state index contributed by atoms with van der Waals surface area (Å²) >= 11 is 0. The first-order valence-electron chi connectivity index (χ1n) is 12.3. The van der Waals surface area contributed by atoms with Crippen molar-refractivity contribution < 1.29 is 24.2 Å². The van der Waals surface area contributed by atoms with Crippen LogP contribution in [-0.4, -0.2) is 77.7 Å². The quantitative estimate of drug-likeness (QED) is 0.622. The van der Waals surface area contributed by atoms with Gasteiger partial charge in [0, 0.05) is 43.3 Å². The summed E-state index contributed by atoms with van der Waals surface area (Å²) in [6, 6.07) is 8.95. The van der Waals surface area contributed by atoms with Gasteiger partial charge in [0.25, 0.3) is 5.91 Å². The van der Waals surface area contributed by atoms with Gasteiger partial charge in [-0.1, -0.05) is 25.1 Å². The van der Waals surface area contributed by atoms with Crippen LogP contribution in [0.25, 0.3) is 11.1 Å². The Morgan fingerprint density at radius 1 is 1.31 bits per heavy atom. The lowest BCUT2D eigenvalue weighted by Gasteiger charge is -2.37. The van der Waals surface area contributed by atoms with Gasteiger partial charge in [-0.3, -0.25) is 9.59 Å². The van der Waals surface area contributed by atoms with E-state index in [0.717, 1.165) is 24.0 Å². The highest BCUT2D eigenvalue weighted by molar-refractivity contribution is 5.98. The number of aromatic nitrogens is 1. The van der Waals surface area contributed by atoms with E-state index in [9.17, 15) is 14.7 Å². The fourth-order valence-electron chi connectivity index (χ4n) is 4.45. The number of likely N-dealkylation sites (N-methyl/N-ethyl adjacent to an activating group) is 1. The Bertz CT molecular complexity index is 1070. The monoisotopic (exact) mass is 481 g/mol. The fraction of sp³-hybridized carbons (Fsp3) is 0.519. The second-order valence-corrected chi connectivity index (χ2v) is 9.82. The maximum absolute atomic E-state index is 13.6. The van der Waals surface area contributed by atoms with Crippen molar-refractivity contribution >= 4 is 11.8 Å². The molecule has 0 unspecified atom stereocenters. The molecule has 1 aromatic carbocycles. The number of hydrogen-bond donors (Lipinski definition) is 1. The molecular formula is C27H35N3O5. The van der Waals surface area contributed by atoms with E-state index < -0.39 is 0 Å². The van der Waals surface area contributed by atoms with Gasteiger partial charge in [-0.05, 0) is 37.8 Å². The summed E-state index contributed by atoms with van der Waals surface area (Å²) < 4.78 is 11.8. The highest BCUT2D eigenvalue weighted by Crippen LogP contribution is 2.35. The molecule has 0 saturated heterocycles. The number of benzene rings is 1. The van der Waals surface area contributed by atoms with E-state index in [1.165, 1.54) is 0 Å². The molecule has 188 valence electrons.